The van der Waals surface area contributed by atoms with E-state index < -0.39 is 17.8 Å². The Hall–Kier alpha value is -3.94. The van der Waals surface area contributed by atoms with E-state index in [0.717, 1.165) is 25.7 Å². The second-order valence-electron chi connectivity index (χ2n) is 8.05. The molecule has 1 aliphatic heterocycles. The predicted octanol–water partition coefficient (Wildman–Crippen LogP) is 6.50. The Kier molecular flexibility index (Phi) is 6.59. The molecular formula is C28H18BrClN2O4. The predicted molar refractivity (Wildman–Crippen MR) is 143 cm³/mol. The molecule has 0 aliphatic carbocycles. The first kappa shape index (κ1) is 23.8. The quantitative estimate of drug-likeness (QED) is 0.223. The number of hydrogen-bond acceptors (Lipinski definition) is 4. The maximum absolute atomic E-state index is 13.4. The molecule has 5 rings (SSSR count). The fourth-order valence-electron chi connectivity index (χ4n) is 3.92. The molecule has 4 aromatic carbocycles. The van der Waals surface area contributed by atoms with Crippen molar-refractivity contribution in [1.82, 2.24) is 5.32 Å². The van der Waals surface area contributed by atoms with Crippen molar-refractivity contribution in [3.05, 3.63) is 111 Å². The van der Waals surface area contributed by atoms with E-state index >= 15 is 0 Å². The lowest BCUT2D eigenvalue weighted by molar-refractivity contribution is -0.122. The van der Waals surface area contributed by atoms with Crippen LogP contribution < -0.4 is 15.0 Å². The number of nitrogens with zero attached hydrogens (tertiary/aromatic N) is 1. The first-order chi connectivity index (χ1) is 17.4. The molecule has 4 amide bonds. The second kappa shape index (κ2) is 9.97. The molecule has 0 spiro atoms. The highest BCUT2D eigenvalue weighted by Gasteiger charge is 2.37. The monoisotopic (exact) mass is 560 g/mol. The van der Waals surface area contributed by atoms with Crippen LogP contribution in [0.2, 0.25) is 5.02 Å². The van der Waals surface area contributed by atoms with Crippen molar-refractivity contribution in [3.63, 3.8) is 0 Å². The molecule has 8 heteroatoms. The molecule has 0 radical (unpaired) electrons. The number of barbiturate groups is 1. The van der Waals surface area contributed by atoms with E-state index in [-0.39, 0.29) is 12.2 Å². The third-order valence-electron chi connectivity index (χ3n) is 5.71. The van der Waals surface area contributed by atoms with E-state index in [1.807, 2.05) is 42.5 Å². The van der Waals surface area contributed by atoms with E-state index in [1.54, 1.807) is 42.5 Å². The first-order valence-corrected chi connectivity index (χ1v) is 12.1. The van der Waals surface area contributed by atoms with Crippen LogP contribution >= 0.6 is 27.5 Å². The zero-order chi connectivity index (χ0) is 25.2. The standard InChI is InChI=1S/C28H18BrClN2O4/c29-19-8-12-21(13-9-19)32-27(34)24(26(33)31-28(32)35)15-23-22-4-2-1-3-18(22)7-14-25(23)36-16-17-5-10-20(30)11-6-17/h1-15H,16H2,(H,31,33,35)/b24-15+. The number of carbonyl (C=O) groups is 3. The number of rotatable bonds is 5. The topological polar surface area (TPSA) is 75.7 Å². The fourth-order valence-corrected chi connectivity index (χ4v) is 4.31. The largest absolute Gasteiger partial charge is 0.488 e. The summed E-state index contributed by atoms with van der Waals surface area (Å²) in [5.74, 6) is -0.999. The number of nitrogens with one attached hydrogen (secondary N) is 1. The van der Waals surface area contributed by atoms with Gasteiger partial charge in [0.2, 0.25) is 0 Å². The summed E-state index contributed by atoms with van der Waals surface area (Å²) >= 11 is 9.32. The SMILES string of the molecule is O=C1NC(=O)N(c2ccc(Br)cc2)C(=O)/C1=C/c1c(OCc2ccc(Cl)cc2)ccc2ccccc12. The van der Waals surface area contributed by atoms with Crippen molar-refractivity contribution in [2.45, 2.75) is 6.61 Å². The second-order valence-corrected chi connectivity index (χ2v) is 9.40. The minimum Gasteiger partial charge on any atom is -0.488 e. The molecular weight excluding hydrogens is 544 g/mol. The highest BCUT2D eigenvalue weighted by atomic mass is 79.9. The summed E-state index contributed by atoms with van der Waals surface area (Å²) in [5.41, 5.74) is 1.64. The number of halogens is 2. The first-order valence-electron chi connectivity index (χ1n) is 11.0. The number of anilines is 1. The summed E-state index contributed by atoms with van der Waals surface area (Å²) in [4.78, 5) is 39.7. The molecule has 0 unspecified atom stereocenters. The van der Waals surface area contributed by atoms with E-state index in [9.17, 15) is 14.4 Å². The van der Waals surface area contributed by atoms with Crippen molar-refractivity contribution in [2.24, 2.45) is 0 Å². The molecule has 0 saturated carbocycles. The van der Waals surface area contributed by atoms with Crippen LogP contribution in [0.15, 0.2) is 95.0 Å². The number of hydrogen-bond donors (Lipinski definition) is 1. The summed E-state index contributed by atoms with van der Waals surface area (Å²) < 4.78 is 6.91. The van der Waals surface area contributed by atoms with E-state index in [4.69, 9.17) is 16.3 Å². The maximum atomic E-state index is 13.4. The molecule has 0 aromatic heterocycles. The van der Waals surface area contributed by atoms with Gasteiger partial charge in [0.25, 0.3) is 11.8 Å². The van der Waals surface area contributed by atoms with E-state index in [2.05, 4.69) is 21.2 Å². The maximum Gasteiger partial charge on any atom is 0.335 e. The highest BCUT2D eigenvalue weighted by Crippen LogP contribution is 2.32. The van der Waals surface area contributed by atoms with Gasteiger partial charge in [0.15, 0.2) is 0 Å². The Bertz CT molecular complexity index is 1530. The van der Waals surface area contributed by atoms with E-state index in [1.165, 1.54) is 6.08 Å². The lowest BCUT2D eigenvalue weighted by atomic mass is 9.99. The van der Waals surface area contributed by atoms with Crippen LogP contribution in [0.5, 0.6) is 5.75 Å². The molecule has 1 aliphatic rings. The number of carbonyl (C=O) groups excluding carboxylic acids is 3. The lowest BCUT2D eigenvalue weighted by Gasteiger charge is -2.26. The normalized spacial score (nSPS) is 14.9. The van der Waals surface area contributed by atoms with Gasteiger partial charge in [-0.25, -0.2) is 9.69 Å². The molecule has 1 heterocycles. The van der Waals surface area contributed by atoms with Crippen LogP contribution in [0.1, 0.15) is 11.1 Å². The summed E-state index contributed by atoms with van der Waals surface area (Å²) in [6, 6.07) is 24.4. The Labute approximate surface area is 220 Å². The zero-order valence-electron chi connectivity index (χ0n) is 18.7. The molecule has 36 heavy (non-hydrogen) atoms. The zero-order valence-corrected chi connectivity index (χ0v) is 21.0. The van der Waals surface area contributed by atoms with Gasteiger partial charge in [0, 0.05) is 15.1 Å². The molecule has 0 bridgehead atoms. The summed E-state index contributed by atoms with van der Waals surface area (Å²) in [6.07, 6.45) is 1.48. The van der Waals surface area contributed by atoms with Crippen LogP contribution in [0, 0.1) is 0 Å². The van der Waals surface area contributed by atoms with Gasteiger partial charge in [-0.2, -0.15) is 0 Å². The summed E-state index contributed by atoms with van der Waals surface area (Å²) in [5, 5.41) is 4.60. The molecule has 1 fully saturated rings. The van der Waals surface area contributed by atoms with Crippen LogP contribution in [-0.4, -0.2) is 17.8 Å². The van der Waals surface area contributed by atoms with Gasteiger partial charge in [-0.1, -0.05) is 70.0 Å². The Morgan fingerprint density at radius 3 is 2.36 bits per heavy atom. The van der Waals surface area contributed by atoms with Gasteiger partial charge >= 0.3 is 6.03 Å². The highest BCUT2D eigenvalue weighted by molar-refractivity contribution is 9.10. The van der Waals surface area contributed by atoms with Crippen LogP contribution in [0.4, 0.5) is 10.5 Å². The average molecular weight is 562 g/mol. The molecule has 6 nitrogen and oxygen atoms in total. The van der Waals surface area contributed by atoms with Crippen molar-refractivity contribution in [2.75, 3.05) is 4.90 Å². The van der Waals surface area contributed by atoms with Crippen LogP contribution in [0.25, 0.3) is 16.8 Å². The lowest BCUT2D eigenvalue weighted by Crippen LogP contribution is -2.54. The molecule has 4 aromatic rings. The van der Waals surface area contributed by atoms with Crippen LogP contribution in [0.3, 0.4) is 0 Å². The molecule has 1 N–H and O–H groups in total. The third-order valence-corrected chi connectivity index (χ3v) is 6.49. The van der Waals surface area contributed by atoms with Gasteiger partial charge in [0.05, 0.1) is 5.69 Å². The number of benzene rings is 4. The smallest absolute Gasteiger partial charge is 0.335 e. The van der Waals surface area contributed by atoms with Crippen molar-refractivity contribution in [1.29, 1.82) is 0 Å². The molecule has 178 valence electrons. The van der Waals surface area contributed by atoms with Crippen molar-refractivity contribution < 1.29 is 19.1 Å². The number of urea groups is 1. The average Bonchev–Trinajstić information content (AvgIpc) is 2.87. The minimum atomic E-state index is -0.804. The Morgan fingerprint density at radius 1 is 0.889 bits per heavy atom. The number of ether oxygens (including phenoxy) is 1. The van der Waals surface area contributed by atoms with Gasteiger partial charge in [0.1, 0.15) is 17.9 Å². The van der Waals surface area contributed by atoms with Crippen molar-refractivity contribution >= 4 is 67.9 Å². The van der Waals surface area contributed by atoms with Crippen molar-refractivity contribution in [3.8, 4) is 5.75 Å². The van der Waals surface area contributed by atoms with Gasteiger partial charge < -0.3 is 4.74 Å². The van der Waals surface area contributed by atoms with Gasteiger partial charge in [-0.05, 0) is 64.9 Å². The third kappa shape index (κ3) is 4.76. The van der Waals surface area contributed by atoms with Gasteiger partial charge in [-0.15, -0.1) is 0 Å². The van der Waals surface area contributed by atoms with E-state index in [0.29, 0.717) is 22.0 Å². The summed E-state index contributed by atoms with van der Waals surface area (Å²) in [7, 11) is 0. The Balaban J connectivity index is 1.57. The molecule has 1 saturated heterocycles. The van der Waals surface area contributed by atoms with Gasteiger partial charge in [-0.3, -0.25) is 14.9 Å². The molecule has 0 atom stereocenters. The minimum absolute atomic E-state index is 0.176. The van der Waals surface area contributed by atoms with Crippen LogP contribution in [-0.2, 0) is 16.2 Å². The summed E-state index contributed by atoms with van der Waals surface area (Å²) in [6.45, 7) is 0.259. The number of fused-ring (bicyclic) bond motifs is 1. The number of imide groups is 2. The Morgan fingerprint density at radius 2 is 1.61 bits per heavy atom. The fraction of sp³-hybridized carbons (Fsp3) is 0.0357. The number of amides is 4.